The number of hydrogen-bond donors (Lipinski definition) is 3. The average molecular weight is 792 g/mol. The van der Waals surface area contributed by atoms with Gasteiger partial charge in [-0.05, 0) is 57.8 Å². The topological polar surface area (TPSA) is 104 Å². The smallest absolute Gasteiger partial charge is 0.267 e. The normalized spacial score (nSPS) is 13.6. The maximum Gasteiger partial charge on any atom is 0.267 e. The molecule has 0 bridgehead atoms. The van der Waals surface area contributed by atoms with Crippen molar-refractivity contribution in [3.63, 3.8) is 0 Å². The number of nitrogens with one attached hydrogen (secondary N) is 1. The molecular formula is C48H89NO5S. The van der Waals surface area contributed by atoms with Crippen LogP contribution in [0.25, 0.3) is 0 Å². The summed E-state index contributed by atoms with van der Waals surface area (Å²) in [4.78, 5) is 12.6. The predicted molar refractivity (Wildman–Crippen MR) is 239 cm³/mol. The van der Waals surface area contributed by atoms with Crippen LogP contribution in [0.15, 0.2) is 48.6 Å². The number of carbonyl (C=O) groups is 1. The molecule has 0 saturated heterocycles. The summed E-state index contributed by atoms with van der Waals surface area (Å²) in [6.45, 7) is 4.51. The highest BCUT2D eigenvalue weighted by Crippen LogP contribution is 2.15. The van der Waals surface area contributed by atoms with Crippen LogP contribution in [0.4, 0.5) is 0 Å². The molecule has 7 heteroatoms. The van der Waals surface area contributed by atoms with Crippen LogP contribution in [0.1, 0.15) is 232 Å². The van der Waals surface area contributed by atoms with Gasteiger partial charge in [-0.3, -0.25) is 9.35 Å². The van der Waals surface area contributed by atoms with Gasteiger partial charge in [0.2, 0.25) is 5.91 Å². The van der Waals surface area contributed by atoms with Crippen molar-refractivity contribution in [1.29, 1.82) is 0 Å². The van der Waals surface area contributed by atoms with Crippen molar-refractivity contribution in [2.24, 2.45) is 0 Å². The van der Waals surface area contributed by atoms with E-state index < -0.39 is 28.0 Å². The Kier molecular flexibility index (Phi) is 40.6. The average Bonchev–Trinajstić information content (AvgIpc) is 3.15. The molecule has 55 heavy (non-hydrogen) atoms. The quantitative estimate of drug-likeness (QED) is 0.0324. The van der Waals surface area contributed by atoms with Gasteiger partial charge in [-0.15, -0.1) is 0 Å². The molecule has 0 rings (SSSR count). The first kappa shape index (κ1) is 53.3. The monoisotopic (exact) mass is 792 g/mol. The second-order valence-corrected chi connectivity index (χ2v) is 17.5. The maximum atomic E-state index is 12.6. The van der Waals surface area contributed by atoms with Crippen LogP contribution < -0.4 is 5.32 Å². The number of allylic oxidation sites excluding steroid dienone is 7. The molecule has 0 aliphatic carbocycles. The number of rotatable bonds is 42. The van der Waals surface area contributed by atoms with Crippen LogP contribution in [0.3, 0.4) is 0 Å². The summed E-state index contributed by atoms with van der Waals surface area (Å²) >= 11 is 0. The number of hydrogen-bond acceptors (Lipinski definition) is 4. The molecule has 0 radical (unpaired) electrons. The lowest BCUT2D eigenvalue weighted by Crippen LogP contribution is -2.46. The van der Waals surface area contributed by atoms with Gasteiger partial charge in [0.15, 0.2) is 0 Å². The van der Waals surface area contributed by atoms with E-state index in [-0.39, 0.29) is 12.3 Å². The molecule has 6 nitrogen and oxygen atoms in total. The number of aliphatic hydroxyl groups is 1. The molecule has 0 aliphatic heterocycles. The zero-order chi connectivity index (χ0) is 40.3. The summed E-state index contributed by atoms with van der Waals surface area (Å²) in [7, 11) is -4.35. The van der Waals surface area contributed by atoms with Gasteiger partial charge in [-0.1, -0.05) is 217 Å². The Bertz CT molecular complexity index is 1050. The van der Waals surface area contributed by atoms with Crippen LogP contribution in [0.2, 0.25) is 0 Å². The van der Waals surface area contributed by atoms with Gasteiger partial charge in [0.1, 0.15) is 0 Å². The first-order chi connectivity index (χ1) is 26.8. The minimum Gasteiger partial charge on any atom is -0.387 e. The van der Waals surface area contributed by atoms with E-state index in [0.717, 1.165) is 64.2 Å². The molecular weight excluding hydrogens is 703 g/mol. The lowest BCUT2D eigenvalue weighted by molar-refractivity contribution is -0.122. The van der Waals surface area contributed by atoms with Gasteiger partial charge in [0, 0.05) is 6.42 Å². The molecule has 3 N–H and O–H groups in total. The Hall–Kier alpha value is -1.70. The molecule has 2 unspecified atom stereocenters. The van der Waals surface area contributed by atoms with E-state index in [1.807, 2.05) is 6.08 Å². The molecule has 0 spiro atoms. The zero-order valence-corrected chi connectivity index (χ0v) is 36.9. The van der Waals surface area contributed by atoms with Gasteiger partial charge in [0.05, 0.1) is 17.9 Å². The van der Waals surface area contributed by atoms with Crippen molar-refractivity contribution >= 4 is 16.0 Å². The number of carbonyl (C=O) groups excluding carboxylic acids is 1. The van der Waals surface area contributed by atoms with Gasteiger partial charge in [0.25, 0.3) is 10.1 Å². The third-order valence-electron chi connectivity index (χ3n) is 10.5. The van der Waals surface area contributed by atoms with E-state index >= 15 is 0 Å². The fourth-order valence-corrected chi connectivity index (χ4v) is 7.72. The van der Waals surface area contributed by atoms with Crippen molar-refractivity contribution < 1.29 is 22.9 Å². The van der Waals surface area contributed by atoms with Gasteiger partial charge >= 0.3 is 0 Å². The highest BCUT2D eigenvalue weighted by Gasteiger charge is 2.24. The summed E-state index contributed by atoms with van der Waals surface area (Å²) < 4.78 is 32.6. The minimum atomic E-state index is -4.35. The Morgan fingerprint density at radius 1 is 0.491 bits per heavy atom. The van der Waals surface area contributed by atoms with Crippen molar-refractivity contribution in [1.82, 2.24) is 5.32 Å². The second-order valence-electron chi connectivity index (χ2n) is 16.0. The van der Waals surface area contributed by atoms with E-state index in [0.29, 0.717) is 0 Å². The van der Waals surface area contributed by atoms with Gasteiger partial charge < -0.3 is 10.4 Å². The Morgan fingerprint density at radius 3 is 1.24 bits per heavy atom. The van der Waals surface area contributed by atoms with Crippen molar-refractivity contribution in [3.8, 4) is 0 Å². The molecule has 0 aromatic rings. The largest absolute Gasteiger partial charge is 0.387 e. The zero-order valence-electron chi connectivity index (χ0n) is 36.0. The summed E-state index contributed by atoms with van der Waals surface area (Å²) in [6.07, 6.45) is 56.7. The van der Waals surface area contributed by atoms with Crippen LogP contribution in [-0.2, 0) is 14.9 Å². The third kappa shape index (κ3) is 43.3. The number of aliphatic hydroxyl groups excluding tert-OH is 1. The lowest BCUT2D eigenvalue weighted by atomic mass is 10.0. The van der Waals surface area contributed by atoms with E-state index in [2.05, 4.69) is 55.6 Å². The van der Waals surface area contributed by atoms with Crippen LogP contribution in [0.5, 0.6) is 0 Å². The fraction of sp³-hybridized carbons (Fsp3) is 0.812. The summed E-state index contributed by atoms with van der Waals surface area (Å²) in [5, 5.41) is 13.3. The third-order valence-corrected chi connectivity index (χ3v) is 11.3. The first-order valence-corrected chi connectivity index (χ1v) is 24.9. The maximum absolute atomic E-state index is 12.6. The Balaban J connectivity index is 3.88. The number of unbranched alkanes of at least 4 members (excludes halogenated alkanes) is 28. The standard InChI is InChI=1S/C48H89NO5S/c1-3-5-7-9-11-13-15-17-19-21-23-24-26-27-29-31-33-35-37-39-41-43-47(50)46(45-55(52,53)54)49-48(51)44-42-40-38-36-34-32-30-28-25-22-20-18-16-14-12-10-8-6-4-2/h12,14,18,20,25,28,41,43,46-47,50H,3-11,13,15-17,19,21-24,26-27,29-40,42,44-45H2,1-2H3,(H,49,51)(H,52,53,54)/b14-12-,20-18-,28-25-,43-41+. The summed E-state index contributed by atoms with van der Waals surface area (Å²) in [5.41, 5.74) is 0. The van der Waals surface area contributed by atoms with Crippen LogP contribution >= 0.6 is 0 Å². The van der Waals surface area contributed by atoms with Gasteiger partial charge in [-0.2, -0.15) is 8.42 Å². The molecule has 0 aromatic carbocycles. The van der Waals surface area contributed by atoms with E-state index in [1.165, 1.54) is 148 Å². The molecule has 0 aliphatic rings. The van der Waals surface area contributed by atoms with E-state index in [1.54, 1.807) is 6.08 Å². The first-order valence-electron chi connectivity index (χ1n) is 23.3. The Morgan fingerprint density at radius 2 is 0.818 bits per heavy atom. The molecule has 0 saturated carbocycles. The molecule has 2 atom stereocenters. The summed E-state index contributed by atoms with van der Waals surface area (Å²) in [5.74, 6) is -0.993. The van der Waals surface area contributed by atoms with E-state index in [9.17, 15) is 22.9 Å². The van der Waals surface area contributed by atoms with Gasteiger partial charge in [-0.25, -0.2) is 0 Å². The lowest BCUT2D eigenvalue weighted by Gasteiger charge is -2.21. The highest BCUT2D eigenvalue weighted by atomic mass is 32.2. The van der Waals surface area contributed by atoms with Crippen LogP contribution in [0, 0.1) is 0 Å². The van der Waals surface area contributed by atoms with E-state index in [4.69, 9.17) is 0 Å². The van der Waals surface area contributed by atoms with Crippen molar-refractivity contribution in [2.45, 2.75) is 244 Å². The molecule has 0 aromatic heterocycles. The molecule has 0 fully saturated rings. The highest BCUT2D eigenvalue weighted by molar-refractivity contribution is 7.85. The molecule has 0 heterocycles. The fourth-order valence-electron chi connectivity index (χ4n) is 6.99. The summed E-state index contributed by atoms with van der Waals surface area (Å²) in [6, 6.07) is -1.07. The minimum absolute atomic E-state index is 0.280. The number of amides is 1. The molecule has 1 amide bonds. The SMILES string of the molecule is CCCCC/C=C\C/C=C\C/C=C\CCCCCCCCC(=O)NC(CS(=O)(=O)O)C(O)/C=C/CCCCCCCCCCCCCCCCCCCCC. The van der Waals surface area contributed by atoms with Crippen molar-refractivity contribution in [3.05, 3.63) is 48.6 Å². The van der Waals surface area contributed by atoms with Crippen molar-refractivity contribution in [2.75, 3.05) is 5.75 Å². The Labute approximate surface area is 341 Å². The second kappa shape index (κ2) is 41.9. The predicted octanol–water partition coefficient (Wildman–Crippen LogP) is 14.2. The molecule has 322 valence electrons. The van der Waals surface area contributed by atoms with Crippen LogP contribution in [-0.4, -0.2) is 41.9 Å².